The first-order chi connectivity index (χ1) is 12.8. The van der Waals surface area contributed by atoms with Crippen LogP contribution < -0.4 is 16.0 Å². The molecule has 0 radical (unpaired) electrons. The van der Waals surface area contributed by atoms with Gasteiger partial charge < -0.3 is 16.0 Å². The van der Waals surface area contributed by atoms with Crippen LogP contribution in [0.1, 0.15) is 48.1 Å². The molecule has 1 aromatic carbocycles. The highest BCUT2D eigenvalue weighted by Crippen LogP contribution is 2.27. The lowest BCUT2D eigenvalue weighted by Crippen LogP contribution is -2.43. The van der Waals surface area contributed by atoms with Gasteiger partial charge in [-0.05, 0) is 74.4 Å². The number of piperidine rings is 1. The van der Waals surface area contributed by atoms with Gasteiger partial charge in [-0.3, -0.25) is 0 Å². The summed E-state index contributed by atoms with van der Waals surface area (Å²) < 4.78 is 0. The molecule has 0 amide bonds. The number of nitrogens with zero attached hydrogens (tertiary/aromatic N) is 2. The third kappa shape index (κ3) is 3.92. The summed E-state index contributed by atoms with van der Waals surface area (Å²) in [6.45, 7) is 3.71. The van der Waals surface area contributed by atoms with Crippen molar-refractivity contribution < 1.29 is 0 Å². The number of hydrogen-bond acceptors (Lipinski definition) is 4. The number of nitrogens with one attached hydrogen (secondary N) is 1. The predicted octanol–water partition coefficient (Wildman–Crippen LogP) is 3.18. The van der Waals surface area contributed by atoms with Gasteiger partial charge in [0, 0.05) is 24.8 Å². The van der Waals surface area contributed by atoms with E-state index in [-0.39, 0.29) is 0 Å². The van der Waals surface area contributed by atoms with Crippen molar-refractivity contribution in [2.45, 2.75) is 57.7 Å². The van der Waals surface area contributed by atoms with Gasteiger partial charge in [0.05, 0.1) is 0 Å². The second-order valence-corrected chi connectivity index (χ2v) is 7.61. The highest BCUT2D eigenvalue weighted by molar-refractivity contribution is 5.45. The van der Waals surface area contributed by atoms with E-state index >= 15 is 0 Å². The smallest absolute Gasteiger partial charge is 0.129 e. The molecule has 1 fully saturated rings. The Hall–Kier alpha value is -1.91. The molecule has 1 aliphatic heterocycles. The predicted molar refractivity (Wildman–Crippen MR) is 107 cm³/mol. The maximum absolute atomic E-state index is 5.75. The molecule has 138 valence electrons. The third-order valence-electron chi connectivity index (χ3n) is 5.82. The Balaban J connectivity index is 1.61. The first-order valence-corrected chi connectivity index (χ1v) is 10.1. The molecule has 0 saturated carbocycles. The van der Waals surface area contributed by atoms with Crippen LogP contribution >= 0.6 is 0 Å². The summed E-state index contributed by atoms with van der Waals surface area (Å²) in [4.78, 5) is 7.64. The molecule has 4 nitrogen and oxygen atoms in total. The second-order valence-electron chi connectivity index (χ2n) is 7.61. The first kappa shape index (κ1) is 17.5. The molecule has 2 heterocycles. The van der Waals surface area contributed by atoms with E-state index < -0.39 is 0 Å². The van der Waals surface area contributed by atoms with Gasteiger partial charge in [-0.25, -0.2) is 4.98 Å². The third-order valence-corrected chi connectivity index (χ3v) is 5.82. The van der Waals surface area contributed by atoms with E-state index in [1.54, 1.807) is 0 Å². The molecule has 3 N–H and O–H groups in total. The van der Waals surface area contributed by atoms with Crippen molar-refractivity contribution in [3.63, 3.8) is 0 Å². The number of anilines is 1. The van der Waals surface area contributed by atoms with Crippen LogP contribution in [-0.2, 0) is 25.9 Å². The molecule has 0 bridgehead atoms. The van der Waals surface area contributed by atoms with E-state index in [9.17, 15) is 0 Å². The fourth-order valence-corrected chi connectivity index (χ4v) is 4.22. The van der Waals surface area contributed by atoms with Gasteiger partial charge in [0.2, 0.25) is 0 Å². The average Bonchev–Trinajstić information content (AvgIpc) is 2.73. The van der Waals surface area contributed by atoms with E-state index in [0.717, 1.165) is 31.9 Å². The highest BCUT2D eigenvalue weighted by atomic mass is 15.2. The standard InChI is InChI=1S/C22H30N4/c23-15-17-5-7-18(8-6-17)16-26(20-11-13-24-14-12-20)22-10-9-19-3-1-2-4-21(19)25-22/h5-10,20,24H,1-4,11-16,23H2. The van der Waals surface area contributed by atoms with Crippen LogP contribution in [0.4, 0.5) is 5.82 Å². The zero-order chi connectivity index (χ0) is 17.8. The largest absolute Gasteiger partial charge is 0.349 e. The minimum Gasteiger partial charge on any atom is -0.349 e. The molecule has 1 aromatic heterocycles. The summed E-state index contributed by atoms with van der Waals surface area (Å²) in [5.41, 5.74) is 11.1. The van der Waals surface area contributed by atoms with Crippen molar-refractivity contribution >= 4 is 5.82 Å². The molecule has 0 atom stereocenters. The summed E-state index contributed by atoms with van der Waals surface area (Å²) in [6, 6.07) is 13.9. The summed E-state index contributed by atoms with van der Waals surface area (Å²) in [7, 11) is 0. The minimum atomic E-state index is 0.555. The van der Waals surface area contributed by atoms with Gasteiger partial charge in [0.1, 0.15) is 5.82 Å². The molecule has 1 saturated heterocycles. The summed E-state index contributed by atoms with van der Waals surface area (Å²) >= 11 is 0. The molecular weight excluding hydrogens is 320 g/mol. The van der Waals surface area contributed by atoms with Gasteiger partial charge in [-0.2, -0.15) is 0 Å². The zero-order valence-electron chi connectivity index (χ0n) is 15.6. The van der Waals surface area contributed by atoms with E-state index in [0.29, 0.717) is 12.6 Å². The lowest BCUT2D eigenvalue weighted by Gasteiger charge is -2.36. The number of nitrogens with two attached hydrogens (primary N) is 1. The van der Waals surface area contributed by atoms with E-state index in [1.807, 2.05) is 0 Å². The Morgan fingerprint density at radius 3 is 2.46 bits per heavy atom. The van der Waals surface area contributed by atoms with Crippen molar-refractivity contribution in [2.24, 2.45) is 5.73 Å². The van der Waals surface area contributed by atoms with Crippen molar-refractivity contribution in [1.82, 2.24) is 10.3 Å². The van der Waals surface area contributed by atoms with Crippen molar-refractivity contribution in [3.05, 3.63) is 58.8 Å². The van der Waals surface area contributed by atoms with E-state index in [4.69, 9.17) is 10.7 Å². The topological polar surface area (TPSA) is 54.2 Å². The Kier molecular flexibility index (Phi) is 5.51. The normalized spacial score (nSPS) is 17.7. The van der Waals surface area contributed by atoms with Gasteiger partial charge in [-0.1, -0.05) is 30.3 Å². The maximum atomic E-state index is 5.75. The van der Waals surface area contributed by atoms with Crippen LogP contribution in [0.3, 0.4) is 0 Å². The lowest BCUT2D eigenvalue weighted by atomic mass is 9.96. The van der Waals surface area contributed by atoms with Gasteiger partial charge in [-0.15, -0.1) is 0 Å². The number of aryl methyl sites for hydroxylation is 2. The number of aromatic nitrogens is 1. The maximum Gasteiger partial charge on any atom is 0.129 e. The zero-order valence-corrected chi connectivity index (χ0v) is 15.6. The number of fused-ring (bicyclic) bond motifs is 1. The quantitative estimate of drug-likeness (QED) is 0.870. The van der Waals surface area contributed by atoms with Crippen LogP contribution in [0.2, 0.25) is 0 Å². The summed E-state index contributed by atoms with van der Waals surface area (Å²) in [6.07, 6.45) is 7.27. The lowest BCUT2D eigenvalue weighted by molar-refractivity contribution is 0.425. The van der Waals surface area contributed by atoms with Gasteiger partial charge in [0.25, 0.3) is 0 Å². The second kappa shape index (κ2) is 8.19. The van der Waals surface area contributed by atoms with Crippen molar-refractivity contribution in [2.75, 3.05) is 18.0 Å². The number of pyridine rings is 1. The average molecular weight is 351 g/mol. The Morgan fingerprint density at radius 2 is 1.69 bits per heavy atom. The SMILES string of the molecule is NCc1ccc(CN(c2ccc3c(n2)CCCC3)C2CCNCC2)cc1. The molecule has 0 unspecified atom stereocenters. The van der Waals surface area contributed by atoms with Crippen molar-refractivity contribution in [3.8, 4) is 0 Å². The number of rotatable bonds is 5. The highest BCUT2D eigenvalue weighted by Gasteiger charge is 2.23. The van der Waals surface area contributed by atoms with Gasteiger partial charge in [0.15, 0.2) is 0 Å². The number of benzene rings is 1. The van der Waals surface area contributed by atoms with Crippen LogP contribution in [-0.4, -0.2) is 24.1 Å². The van der Waals surface area contributed by atoms with Gasteiger partial charge >= 0.3 is 0 Å². The number of hydrogen-bond donors (Lipinski definition) is 2. The van der Waals surface area contributed by atoms with E-state index in [2.05, 4.69) is 46.6 Å². The molecule has 4 heteroatoms. The molecular formula is C22H30N4. The monoisotopic (exact) mass is 350 g/mol. The fourth-order valence-electron chi connectivity index (χ4n) is 4.22. The molecule has 0 spiro atoms. The van der Waals surface area contributed by atoms with Crippen LogP contribution in [0.5, 0.6) is 0 Å². The van der Waals surface area contributed by atoms with E-state index in [1.165, 1.54) is 54.5 Å². The molecule has 4 rings (SSSR count). The minimum absolute atomic E-state index is 0.555. The Morgan fingerprint density at radius 1 is 0.962 bits per heavy atom. The molecule has 26 heavy (non-hydrogen) atoms. The molecule has 2 aliphatic rings. The van der Waals surface area contributed by atoms with Crippen LogP contribution in [0, 0.1) is 0 Å². The summed E-state index contributed by atoms with van der Waals surface area (Å²) in [5.74, 6) is 1.15. The van der Waals surface area contributed by atoms with Crippen LogP contribution in [0.15, 0.2) is 36.4 Å². The first-order valence-electron chi connectivity index (χ1n) is 10.1. The summed E-state index contributed by atoms with van der Waals surface area (Å²) in [5, 5.41) is 3.49. The van der Waals surface area contributed by atoms with Crippen LogP contribution in [0.25, 0.3) is 0 Å². The fraction of sp³-hybridized carbons (Fsp3) is 0.500. The Labute approximate surface area is 156 Å². The molecule has 1 aliphatic carbocycles. The Bertz CT molecular complexity index is 719. The molecule has 2 aromatic rings. The van der Waals surface area contributed by atoms with Crippen molar-refractivity contribution in [1.29, 1.82) is 0 Å².